The number of esters is 1. The van der Waals surface area contributed by atoms with Crippen molar-refractivity contribution >= 4 is 5.97 Å². The van der Waals surface area contributed by atoms with Gasteiger partial charge in [-0.15, -0.1) is 0 Å². The minimum atomic E-state index is -0.315. The van der Waals surface area contributed by atoms with Crippen molar-refractivity contribution in [2.24, 2.45) is 0 Å². The quantitative estimate of drug-likeness (QED) is 0.403. The van der Waals surface area contributed by atoms with E-state index < -0.39 is 0 Å². The molecule has 0 aliphatic rings. The summed E-state index contributed by atoms with van der Waals surface area (Å²) in [5.41, 5.74) is 0. The number of hydrogen-bond donors (Lipinski definition) is 1. The maximum Gasteiger partial charge on any atom is 0.323 e. The van der Waals surface area contributed by atoms with Gasteiger partial charge in [-0.3, -0.25) is 4.79 Å². The normalized spacial score (nSPS) is 12.7. The van der Waals surface area contributed by atoms with Crippen molar-refractivity contribution in [3.8, 4) is 0 Å². The average molecular weight is 291 g/mol. The van der Waals surface area contributed by atoms with E-state index >= 15 is 0 Å². The van der Waals surface area contributed by atoms with Gasteiger partial charge in [0.1, 0.15) is 6.04 Å². The van der Waals surface area contributed by atoms with Gasteiger partial charge in [-0.05, 0) is 13.3 Å². The molecule has 0 aromatic rings. The van der Waals surface area contributed by atoms with Crippen molar-refractivity contribution in [2.45, 2.75) is 39.3 Å². The van der Waals surface area contributed by atoms with Crippen LogP contribution in [-0.2, 0) is 23.7 Å². The van der Waals surface area contributed by atoms with Crippen molar-refractivity contribution in [3.63, 3.8) is 0 Å². The second-order valence-electron chi connectivity index (χ2n) is 4.63. The van der Waals surface area contributed by atoms with Gasteiger partial charge in [-0.25, -0.2) is 0 Å². The van der Waals surface area contributed by atoms with E-state index in [1.165, 1.54) is 0 Å². The molecule has 0 saturated heterocycles. The number of rotatable bonds is 13. The molecular formula is C14H29NO5. The molecule has 0 aliphatic heterocycles. The third-order valence-corrected chi connectivity index (χ3v) is 2.46. The first-order valence-electron chi connectivity index (χ1n) is 7.18. The van der Waals surface area contributed by atoms with Crippen LogP contribution in [-0.4, -0.2) is 64.8 Å². The van der Waals surface area contributed by atoms with E-state index in [4.69, 9.17) is 18.9 Å². The summed E-state index contributed by atoms with van der Waals surface area (Å²) in [5, 5.41) is 3.18. The van der Waals surface area contributed by atoms with E-state index in [2.05, 4.69) is 5.32 Å². The lowest BCUT2D eigenvalue weighted by atomic mass is 10.2. The van der Waals surface area contributed by atoms with Crippen LogP contribution in [0.15, 0.2) is 0 Å². The van der Waals surface area contributed by atoms with Crippen LogP contribution >= 0.6 is 0 Å². The first-order valence-corrected chi connectivity index (χ1v) is 7.18. The lowest BCUT2D eigenvalue weighted by Crippen LogP contribution is -2.42. The molecule has 6 heteroatoms. The largest absolute Gasteiger partial charge is 0.465 e. The monoisotopic (exact) mass is 291 g/mol. The number of carbonyl (C=O) groups is 1. The minimum Gasteiger partial charge on any atom is -0.465 e. The summed E-state index contributed by atoms with van der Waals surface area (Å²) in [4.78, 5) is 11.7. The first-order chi connectivity index (χ1) is 9.61. The highest BCUT2D eigenvalue weighted by Gasteiger charge is 2.19. The van der Waals surface area contributed by atoms with Gasteiger partial charge in [-0.1, -0.05) is 13.8 Å². The SMILES string of the molecule is CCOC(=O)C(CCOCCOCCOC)NC(C)C. The molecule has 0 fully saturated rings. The molecule has 0 rings (SSSR count). The smallest absolute Gasteiger partial charge is 0.323 e. The summed E-state index contributed by atoms with van der Waals surface area (Å²) in [6.45, 7) is 8.89. The molecule has 20 heavy (non-hydrogen) atoms. The summed E-state index contributed by atoms with van der Waals surface area (Å²) >= 11 is 0. The maximum absolute atomic E-state index is 11.7. The molecule has 0 spiro atoms. The van der Waals surface area contributed by atoms with Crippen molar-refractivity contribution in [2.75, 3.05) is 46.8 Å². The zero-order valence-electron chi connectivity index (χ0n) is 13.1. The zero-order valence-corrected chi connectivity index (χ0v) is 13.1. The fraction of sp³-hybridized carbons (Fsp3) is 0.929. The highest BCUT2D eigenvalue weighted by molar-refractivity contribution is 5.75. The van der Waals surface area contributed by atoms with Gasteiger partial charge in [-0.2, -0.15) is 0 Å². The Bertz CT molecular complexity index is 236. The lowest BCUT2D eigenvalue weighted by molar-refractivity contribution is -0.146. The third-order valence-electron chi connectivity index (χ3n) is 2.46. The first kappa shape index (κ1) is 19.3. The molecule has 1 unspecified atom stereocenters. The van der Waals surface area contributed by atoms with Crippen LogP contribution in [0, 0.1) is 0 Å². The molecule has 0 heterocycles. The van der Waals surface area contributed by atoms with Crippen molar-refractivity contribution in [1.82, 2.24) is 5.32 Å². The molecule has 0 radical (unpaired) electrons. The summed E-state index contributed by atoms with van der Waals surface area (Å²) in [6.07, 6.45) is 0.592. The van der Waals surface area contributed by atoms with Gasteiger partial charge in [0.05, 0.1) is 33.0 Å². The second-order valence-corrected chi connectivity index (χ2v) is 4.63. The molecule has 0 amide bonds. The van der Waals surface area contributed by atoms with Gasteiger partial charge >= 0.3 is 5.97 Å². The molecule has 0 bridgehead atoms. The van der Waals surface area contributed by atoms with E-state index in [1.807, 2.05) is 13.8 Å². The second kappa shape index (κ2) is 13.3. The Labute approximate surface area is 122 Å². The molecule has 0 aliphatic carbocycles. The highest BCUT2D eigenvalue weighted by atomic mass is 16.5. The topological polar surface area (TPSA) is 66.0 Å². The van der Waals surface area contributed by atoms with E-state index in [9.17, 15) is 4.79 Å². The van der Waals surface area contributed by atoms with Crippen LogP contribution in [0.1, 0.15) is 27.2 Å². The van der Waals surface area contributed by atoms with E-state index in [0.29, 0.717) is 46.1 Å². The van der Waals surface area contributed by atoms with Crippen LogP contribution in [0.4, 0.5) is 0 Å². The van der Waals surface area contributed by atoms with E-state index in [0.717, 1.165) is 0 Å². The zero-order chi connectivity index (χ0) is 15.2. The predicted octanol–water partition coefficient (Wildman–Crippen LogP) is 0.986. The Kier molecular flexibility index (Phi) is 12.8. The van der Waals surface area contributed by atoms with Crippen molar-refractivity contribution < 1.29 is 23.7 Å². The molecule has 0 saturated carbocycles. The Morgan fingerprint density at radius 2 is 1.65 bits per heavy atom. The van der Waals surface area contributed by atoms with Crippen molar-refractivity contribution in [3.05, 3.63) is 0 Å². The average Bonchev–Trinajstić information content (AvgIpc) is 2.40. The standard InChI is InChI=1S/C14H29NO5/c1-5-20-14(16)13(15-12(2)3)6-7-18-10-11-19-9-8-17-4/h12-13,15H,5-11H2,1-4H3. The van der Waals surface area contributed by atoms with Gasteiger partial charge in [0.2, 0.25) is 0 Å². The summed E-state index contributed by atoms with van der Waals surface area (Å²) < 4.78 is 20.6. The molecule has 120 valence electrons. The van der Waals surface area contributed by atoms with E-state index in [1.54, 1.807) is 14.0 Å². The molecule has 1 N–H and O–H groups in total. The summed E-state index contributed by atoms with van der Waals surface area (Å²) in [6, 6.07) is -0.0915. The third kappa shape index (κ3) is 11.2. The highest BCUT2D eigenvalue weighted by Crippen LogP contribution is 1.99. The predicted molar refractivity (Wildman–Crippen MR) is 76.8 cm³/mol. The van der Waals surface area contributed by atoms with Gasteiger partial charge in [0.25, 0.3) is 0 Å². The molecular weight excluding hydrogens is 262 g/mol. The number of methoxy groups -OCH3 is 1. The summed E-state index contributed by atoms with van der Waals surface area (Å²) in [7, 11) is 1.64. The molecule has 0 aromatic heterocycles. The van der Waals surface area contributed by atoms with Crippen molar-refractivity contribution in [1.29, 1.82) is 0 Å². The summed E-state index contributed by atoms with van der Waals surface area (Å²) in [5.74, 6) is -0.221. The molecule has 6 nitrogen and oxygen atoms in total. The minimum absolute atomic E-state index is 0.221. The Morgan fingerprint density at radius 1 is 1.05 bits per heavy atom. The Hall–Kier alpha value is -0.690. The molecule has 1 atom stereocenters. The fourth-order valence-electron chi connectivity index (χ4n) is 1.58. The van der Waals surface area contributed by atoms with E-state index in [-0.39, 0.29) is 18.1 Å². The fourth-order valence-corrected chi connectivity index (χ4v) is 1.58. The van der Waals surface area contributed by atoms with Gasteiger partial charge < -0.3 is 24.3 Å². The van der Waals surface area contributed by atoms with Crippen LogP contribution in [0.25, 0.3) is 0 Å². The van der Waals surface area contributed by atoms with Crippen LogP contribution in [0.2, 0.25) is 0 Å². The maximum atomic E-state index is 11.7. The van der Waals surface area contributed by atoms with Crippen LogP contribution in [0.3, 0.4) is 0 Å². The number of nitrogens with one attached hydrogen (secondary N) is 1. The number of carbonyl (C=O) groups excluding carboxylic acids is 1. The van der Waals surface area contributed by atoms with Crippen LogP contribution in [0.5, 0.6) is 0 Å². The number of hydrogen-bond acceptors (Lipinski definition) is 6. The Morgan fingerprint density at radius 3 is 2.20 bits per heavy atom. The lowest BCUT2D eigenvalue weighted by Gasteiger charge is -2.19. The van der Waals surface area contributed by atoms with Gasteiger partial charge in [0.15, 0.2) is 0 Å². The number of ether oxygens (including phenoxy) is 4. The van der Waals surface area contributed by atoms with Gasteiger partial charge in [0, 0.05) is 19.8 Å². The molecule has 0 aromatic carbocycles. The van der Waals surface area contributed by atoms with Crippen LogP contribution < -0.4 is 5.32 Å². The Balaban J connectivity index is 3.71.